The molecule has 6 heteroatoms. The van der Waals surface area contributed by atoms with Crippen LogP contribution in [0.4, 0.5) is 4.39 Å². The van der Waals surface area contributed by atoms with Gasteiger partial charge in [0.2, 0.25) is 0 Å². The molecule has 0 unspecified atom stereocenters. The van der Waals surface area contributed by atoms with Crippen molar-refractivity contribution in [1.82, 2.24) is 15.0 Å². The van der Waals surface area contributed by atoms with Crippen molar-refractivity contribution in [2.24, 2.45) is 5.92 Å². The maximum absolute atomic E-state index is 14.2. The van der Waals surface area contributed by atoms with Gasteiger partial charge in [-0.2, -0.15) is 0 Å². The molecule has 2 aromatic rings. The highest BCUT2D eigenvalue weighted by atomic mass is 35.5. The van der Waals surface area contributed by atoms with Crippen molar-refractivity contribution in [2.75, 3.05) is 19.6 Å². The molecule has 0 aliphatic carbocycles. The monoisotopic (exact) mass is 377 g/mol. The van der Waals surface area contributed by atoms with Crippen molar-refractivity contribution in [1.29, 1.82) is 0 Å². The smallest absolute Gasteiger partial charge is 0.138 e. The molecular formula is C20H25ClFN3O. The Bertz CT molecular complexity index is 774. The number of hydrogen-bond donors (Lipinski definition) is 0. The van der Waals surface area contributed by atoms with Crippen molar-refractivity contribution in [2.45, 2.75) is 45.8 Å². The van der Waals surface area contributed by atoms with Crippen LogP contribution in [-0.2, 0) is 13.1 Å². The predicted molar refractivity (Wildman–Crippen MR) is 99.6 cm³/mol. The van der Waals surface area contributed by atoms with Crippen LogP contribution in [0.15, 0.2) is 22.7 Å². The fourth-order valence-corrected chi connectivity index (χ4v) is 4.58. The van der Waals surface area contributed by atoms with Gasteiger partial charge in [-0.05, 0) is 44.7 Å². The number of piperidine rings is 1. The molecule has 3 aliphatic rings. The van der Waals surface area contributed by atoms with Crippen LogP contribution in [-0.4, -0.2) is 40.6 Å². The van der Waals surface area contributed by atoms with Crippen molar-refractivity contribution >= 4 is 11.6 Å². The average Bonchev–Trinajstić information content (AvgIpc) is 2.78. The van der Waals surface area contributed by atoms with Gasteiger partial charge in [0, 0.05) is 54.9 Å². The Morgan fingerprint density at radius 1 is 1.19 bits per heavy atom. The Hall–Kier alpha value is -1.43. The van der Waals surface area contributed by atoms with Crippen molar-refractivity contribution in [3.05, 3.63) is 51.6 Å². The number of benzene rings is 1. The second kappa shape index (κ2) is 7.29. The van der Waals surface area contributed by atoms with E-state index in [0.717, 1.165) is 43.2 Å². The summed E-state index contributed by atoms with van der Waals surface area (Å²) in [4.78, 5) is 4.97. The third-order valence-corrected chi connectivity index (χ3v) is 6.09. The van der Waals surface area contributed by atoms with Crippen LogP contribution >= 0.6 is 11.6 Å². The molecule has 0 amide bonds. The van der Waals surface area contributed by atoms with E-state index < -0.39 is 0 Å². The van der Waals surface area contributed by atoms with Gasteiger partial charge in [0.1, 0.15) is 11.6 Å². The lowest BCUT2D eigenvalue weighted by molar-refractivity contribution is 0.121. The summed E-state index contributed by atoms with van der Waals surface area (Å²) in [6.07, 6.45) is 2.43. The first kappa shape index (κ1) is 18.0. The number of hydrogen-bond acceptors (Lipinski definition) is 4. The summed E-state index contributed by atoms with van der Waals surface area (Å²) in [6, 6.07) is 5.47. The third-order valence-electron chi connectivity index (χ3n) is 5.85. The highest BCUT2D eigenvalue weighted by Crippen LogP contribution is 2.31. The Labute approximate surface area is 158 Å². The quantitative estimate of drug-likeness (QED) is 0.800. The molecule has 2 atom stereocenters. The maximum atomic E-state index is 14.2. The zero-order chi connectivity index (χ0) is 18.3. The zero-order valence-electron chi connectivity index (χ0n) is 15.3. The van der Waals surface area contributed by atoms with Crippen LogP contribution in [0, 0.1) is 25.6 Å². The molecule has 26 heavy (non-hydrogen) atoms. The van der Waals surface area contributed by atoms with Crippen molar-refractivity contribution < 1.29 is 8.91 Å². The molecule has 4 heterocycles. The minimum atomic E-state index is -0.204. The fourth-order valence-electron chi connectivity index (χ4n) is 4.42. The van der Waals surface area contributed by atoms with E-state index in [4.69, 9.17) is 16.1 Å². The lowest BCUT2D eigenvalue weighted by atomic mass is 9.94. The first-order chi connectivity index (χ1) is 12.5. The first-order valence-electron chi connectivity index (χ1n) is 9.31. The largest absolute Gasteiger partial charge is 0.361 e. The minimum absolute atomic E-state index is 0.204. The normalized spacial score (nSPS) is 24.2. The van der Waals surface area contributed by atoms with Gasteiger partial charge in [0.05, 0.1) is 5.69 Å². The second-order valence-corrected chi connectivity index (χ2v) is 8.20. The number of fused-ring (bicyclic) bond motifs is 4. The van der Waals surface area contributed by atoms with E-state index in [0.29, 0.717) is 23.5 Å². The maximum Gasteiger partial charge on any atom is 0.138 e. The minimum Gasteiger partial charge on any atom is -0.361 e. The molecule has 3 aliphatic heterocycles. The Balaban J connectivity index is 1.48. The van der Waals surface area contributed by atoms with Gasteiger partial charge < -0.3 is 4.52 Å². The summed E-state index contributed by atoms with van der Waals surface area (Å²) in [5.41, 5.74) is 2.93. The Kier molecular flexibility index (Phi) is 5.04. The summed E-state index contributed by atoms with van der Waals surface area (Å²) in [5.74, 6) is 1.34. The van der Waals surface area contributed by atoms with Crippen LogP contribution in [0.1, 0.15) is 35.4 Å². The fraction of sp³-hybridized carbons (Fsp3) is 0.550. The standard InChI is InChI=1S/C20H25ClFN3O/c1-13-19(14(2)26-23-13)12-24-8-15-3-6-18(11-24)25(9-15)10-16-4-5-17(21)7-20(16)22/h4-5,7,15,18H,3,6,8-12H2,1-2H3/t15-,18+/m0/s1. The highest BCUT2D eigenvalue weighted by molar-refractivity contribution is 6.30. The summed E-state index contributed by atoms with van der Waals surface area (Å²) >= 11 is 5.89. The highest BCUT2D eigenvalue weighted by Gasteiger charge is 2.35. The van der Waals surface area contributed by atoms with Gasteiger partial charge >= 0.3 is 0 Å². The number of halogens is 2. The van der Waals surface area contributed by atoms with Gasteiger partial charge in [0.15, 0.2) is 0 Å². The second-order valence-electron chi connectivity index (χ2n) is 7.76. The van der Waals surface area contributed by atoms with Gasteiger partial charge in [-0.25, -0.2) is 4.39 Å². The van der Waals surface area contributed by atoms with E-state index in [9.17, 15) is 4.39 Å². The van der Waals surface area contributed by atoms with Gasteiger partial charge in [0.25, 0.3) is 0 Å². The van der Waals surface area contributed by atoms with Crippen molar-refractivity contribution in [3.8, 4) is 0 Å². The predicted octanol–water partition coefficient (Wildman–Crippen LogP) is 4.18. The van der Waals surface area contributed by atoms with Crippen LogP contribution in [0.2, 0.25) is 5.02 Å². The van der Waals surface area contributed by atoms with Crippen LogP contribution in [0.25, 0.3) is 0 Å². The SMILES string of the molecule is Cc1noc(C)c1CN1C[C@@H]2CC[C@H](C1)N(Cc1ccc(Cl)cc1F)C2. The molecule has 0 spiro atoms. The van der Waals surface area contributed by atoms with E-state index in [1.807, 2.05) is 19.9 Å². The van der Waals surface area contributed by atoms with Crippen LogP contribution in [0.5, 0.6) is 0 Å². The Morgan fingerprint density at radius 3 is 2.77 bits per heavy atom. The summed E-state index contributed by atoms with van der Waals surface area (Å²) in [6.45, 7) is 8.66. The van der Waals surface area contributed by atoms with E-state index in [1.165, 1.54) is 24.5 Å². The zero-order valence-corrected chi connectivity index (χ0v) is 16.1. The molecule has 1 aromatic heterocycles. The summed E-state index contributed by atoms with van der Waals surface area (Å²) in [7, 11) is 0. The molecule has 5 rings (SSSR count). The molecule has 0 radical (unpaired) electrons. The lowest BCUT2D eigenvalue weighted by Gasteiger charge is -2.36. The first-order valence-corrected chi connectivity index (χ1v) is 9.69. The van der Waals surface area contributed by atoms with E-state index in [1.54, 1.807) is 6.07 Å². The van der Waals surface area contributed by atoms with E-state index in [2.05, 4.69) is 15.0 Å². The number of aryl methyl sites for hydroxylation is 2. The number of nitrogens with zero attached hydrogens (tertiary/aromatic N) is 3. The van der Waals surface area contributed by atoms with Crippen molar-refractivity contribution in [3.63, 3.8) is 0 Å². The number of rotatable bonds is 4. The van der Waals surface area contributed by atoms with Crippen LogP contribution in [0.3, 0.4) is 0 Å². The molecule has 4 nitrogen and oxygen atoms in total. The summed E-state index contributed by atoms with van der Waals surface area (Å²) < 4.78 is 19.5. The molecule has 0 saturated carbocycles. The van der Waals surface area contributed by atoms with E-state index >= 15 is 0 Å². The van der Waals surface area contributed by atoms with Gasteiger partial charge in [-0.15, -0.1) is 0 Å². The van der Waals surface area contributed by atoms with Crippen LogP contribution < -0.4 is 0 Å². The topological polar surface area (TPSA) is 32.5 Å². The summed E-state index contributed by atoms with van der Waals surface area (Å²) in [5, 5.41) is 4.53. The Morgan fingerprint density at radius 2 is 2.04 bits per heavy atom. The molecule has 140 valence electrons. The lowest BCUT2D eigenvalue weighted by Crippen LogP contribution is -2.43. The molecule has 3 fully saturated rings. The molecular weight excluding hydrogens is 353 g/mol. The van der Waals surface area contributed by atoms with E-state index in [-0.39, 0.29) is 5.82 Å². The average molecular weight is 378 g/mol. The number of aromatic nitrogens is 1. The molecule has 2 bridgehead atoms. The van der Waals surface area contributed by atoms with Gasteiger partial charge in [-0.1, -0.05) is 22.8 Å². The third kappa shape index (κ3) is 3.66. The molecule has 0 N–H and O–H groups in total. The van der Waals surface area contributed by atoms with Gasteiger partial charge in [-0.3, -0.25) is 9.80 Å². The molecule has 1 aromatic carbocycles. The molecule has 3 saturated heterocycles.